The third kappa shape index (κ3) is 2.95. The number of hydrogen-bond acceptors (Lipinski definition) is 4. The summed E-state index contributed by atoms with van der Waals surface area (Å²) in [6.45, 7) is 1.72. The Morgan fingerprint density at radius 2 is 2.38 bits per heavy atom. The molecule has 0 bridgehead atoms. The summed E-state index contributed by atoms with van der Waals surface area (Å²) < 4.78 is 5.04. The van der Waals surface area contributed by atoms with Crippen LogP contribution in [0.15, 0.2) is 40.5 Å². The molecule has 2 aromatic heterocycles. The van der Waals surface area contributed by atoms with Crippen LogP contribution < -0.4 is 5.73 Å². The highest BCUT2D eigenvalue weighted by molar-refractivity contribution is 7.10. The highest BCUT2D eigenvalue weighted by atomic mass is 32.1. The number of furan rings is 1. The van der Waals surface area contributed by atoms with Gasteiger partial charge < -0.3 is 15.1 Å². The first-order valence-electron chi connectivity index (χ1n) is 5.24. The summed E-state index contributed by atoms with van der Waals surface area (Å²) in [6.07, 6.45) is 3.47. The lowest BCUT2D eigenvalue weighted by Crippen LogP contribution is -2.28. The van der Waals surface area contributed by atoms with Crippen LogP contribution in [0.1, 0.15) is 16.5 Å². The molecular formula is C12H16N2OS. The van der Waals surface area contributed by atoms with Gasteiger partial charge in [-0.2, -0.15) is 0 Å². The molecule has 2 heterocycles. The van der Waals surface area contributed by atoms with E-state index in [4.69, 9.17) is 10.2 Å². The zero-order valence-electron chi connectivity index (χ0n) is 9.30. The fraction of sp³-hybridized carbons (Fsp3) is 0.333. The molecule has 0 saturated heterocycles. The molecule has 0 aliphatic carbocycles. The van der Waals surface area contributed by atoms with Crippen LogP contribution in [-0.4, -0.2) is 18.5 Å². The Labute approximate surface area is 99.5 Å². The van der Waals surface area contributed by atoms with E-state index in [1.165, 1.54) is 10.4 Å². The van der Waals surface area contributed by atoms with Gasteiger partial charge in [-0.15, -0.1) is 11.3 Å². The Morgan fingerprint density at radius 3 is 3.00 bits per heavy atom. The second kappa shape index (κ2) is 5.30. The van der Waals surface area contributed by atoms with Crippen molar-refractivity contribution in [2.24, 2.45) is 5.73 Å². The monoisotopic (exact) mass is 236 g/mol. The van der Waals surface area contributed by atoms with Crippen molar-refractivity contribution in [3.05, 3.63) is 46.5 Å². The number of nitrogens with zero attached hydrogens (tertiary/aromatic N) is 1. The highest BCUT2D eigenvalue weighted by Gasteiger charge is 2.10. The van der Waals surface area contributed by atoms with Gasteiger partial charge in [0.15, 0.2) is 0 Å². The number of thiophene rings is 1. The van der Waals surface area contributed by atoms with E-state index < -0.39 is 0 Å². The van der Waals surface area contributed by atoms with Gasteiger partial charge in [0.1, 0.15) is 0 Å². The van der Waals surface area contributed by atoms with E-state index in [1.807, 2.05) is 12.1 Å². The first kappa shape index (κ1) is 11.4. The average Bonchev–Trinajstić information content (AvgIpc) is 2.88. The molecule has 0 spiro atoms. The molecule has 0 radical (unpaired) electrons. The Hall–Kier alpha value is -1.10. The Bertz CT molecular complexity index is 397. The summed E-state index contributed by atoms with van der Waals surface area (Å²) in [4.78, 5) is 3.44. The maximum Gasteiger partial charge on any atom is 0.0947 e. The van der Waals surface area contributed by atoms with Gasteiger partial charge in [0.25, 0.3) is 0 Å². The van der Waals surface area contributed by atoms with Crippen molar-refractivity contribution < 1.29 is 4.42 Å². The first-order chi connectivity index (χ1) is 7.75. The summed E-state index contributed by atoms with van der Waals surface area (Å²) in [5.41, 5.74) is 7.30. The molecule has 0 fully saturated rings. The molecule has 0 aliphatic heterocycles. The van der Waals surface area contributed by atoms with Crippen molar-refractivity contribution in [3.63, 3.8) is 0 Å². The average molecular weight is 236 g/mol. The number of nitrogens with two attached hydrogens (primary N) is 1. The molecule has 0 aromatic carbocycles. The second-order valence-electron chi connectivity index (χ2n) is 3.95. The van der Waals surface area contributed by atoms with Crippen molar-refractivity contribution in [2.45, 2.75) is 12.6 Å². The van der Waals surface area contributed by atoms with Crippen LogP contribution in [0.2, 0.25) is 0 Å². The van der Waals surface area contributed by atoms with Gasteiger partial charge in [0, 0.05) is 23.5 Å². The van der Waals surface area contributed by atoms with E-state index in [0.717, 1.165) is 13.1 Å². The minimum absolute atomic E-state index is 0.0944. The van der Waals surface area contributed by atoms with Gasteiger partial charge in [0.05, 0.1) is 18.6 Å². The normalized spacial score (nSPS) is 13.2. The number of rotatable bonds is 5. The quantitative estimate of drug-likeness (QED) is 0.867. The predicted octanol–water partition coefficient (Wildman–Crippen LogP) is 2.47. The number of likely N-dealkylation sites (N-methyl/N-ethyl adjacent to an activating group) is 1. The predicted molar refractivity (Wildman–Crippen MR) is 66.3 cm³/mol. The van der Waals surface area contributed by atoms with Crippen molar-refractivity contribution in [3.8, 4) is 0 Å². The van der Waals surface area contributed by atoms with Crippen molar-refractivity contribution in [2.75, 3.05) is 13.6 Å². The summed E-state index contributed by atoms with van der Waals surface area (Å²) in [5, 5.41) is 2.06. The lowest BCUT2D eigenvalue weighted by atomic mass is 10.2. The van der Waals surface area contributed by atoms with Crippen LogP contribution in [0.25, 0.3) is 0 Å². The molecular weight excluding hydrogens is 220 g/mol. The summed E-state index contributed by atoms with van der Waals surface area (Å²) >= 11 is 1.71. The molecule has 16 heavy (non-hydrogen) atoms. The standard InChI is InChI=1S/C12H16N2OS/c1-14(7-10-4-5-15-9-10)8-11(13)12-3-2-6-16-12/h2-6,9,11H,7-8,13H2,1H3. The Balaban J connectivity index is 1.85. The minimum atomic E-state index is 0.0944. The lowest BCUT2D eigenvalue weighted by molar-refractivity contribution is 0.305. The molecule has 3 nitrogen and oxygen atoms in total. The fourth-order valence-corrected chi connectivity index (χ4v) is 2.41. The van der Waals surface area contributed by atoms with E-state index in [9.17, 15) is 0 Å². The molecule has 0 amide bonds. The SMILES string of the molecule is CN(Cc1ccoc1)CC(N)c1cccs1. The smallest absolute Gasteiger partial charge is 0.0947 e. The summed E-state index contributed by atoms with van der Waals surface area (Å²) in [6, 6.07) is 6.20. The van der Waals surface area contributed by atoms with E-state index in [1.54, 1.807) is 23.9 Å². The minimum Gasteiger partial charge on any atom is -0.472 e. The molecule has 2 N–H and O–H groups in total. The largest absolute Gasteiger partial charge is 0.472 e. The van der Waals surface area contributed by atoms with E-state index in [0.29, 0.717) is 0 Å². The summed E-state index contributed by atoms with van der Waals surface area (Å²) in [5.74, 6) is 0. The molecule has 1 unspecified atom stereocenters. The summed E-state index contributed by atoms with van der Waals surface area (Å²) in [7, 11) is 2.07. The van der Waals surface area contributed by atoms with Gasteiger partial charge >= 0.3 is 0 Å². The maximum absolute atomic E-state index is 6.11. The molecule has 2 aromatic rings. The molecule has 2 rings (SSSR count). The zero-order chi connectivity index (χ0) is 11.4. The lowest BCUT2D eigenvalue weighted by Gasteiger charge is -2.19. The molecule has 86 valence electrons. The van der Waals surface area contributed by atoms with Crippen molar-refractivity contribution in [1.29, 1.82) is 0 Å². The zero-order valence-corrected chi connectivity index (χ0v) is 10.1. The van der Waals surface area contributed by atoms with Gasteiger partial charge in [-0.3, -0.25) is 0 Å². The third-order valence-corrected chi connectivity index (χ3v) is 3.45. The van der Waals surface area contributed by atoms with E-state index in [2.05, 4.69) is 23.4 Å². The highest BCUT2D eigenvalue weighted by Crippen LogP contribution is 2.17. The Morgan fingerprint density at radius 1 is 1.50 bits per heavy atom. The van der Waals surface area contributed by atoms with Crippen LogP contribution in [0.4, 0.5) is 0 Å². The topological polar surface area (TPSA) is 42.4 Å². The van der Waals surface area contributed by atoms with Crippen LogP contribution in [0, 0.1) is 0 Å². The maximum atomic E-state index is 6.11. The second-order valence-corrected chi connectivity index (χ2v) is 4.93. The van der Waals surface area contributed by atoms with E-state index in [-0.39, 0.29) is 6.04 Å². The fourth-order valence-electron chi connectivity index (χ4n) is 1.69. The van der Waals surface area contributed by atoms with Gasteiger partial charge in [0.2, 0.25) is 0 Å². The molecule has 0 aliphatic rings. The molecule has 0 saturated carbocycles. The van der Waals surface area contributed by atoms with Crippen LogP contribution in [0.3, 0.4) is 0 Å². The third-order valence-electron chi connectivity index (χ3n) is 2.45. The Kier molecular flexibility index (Phi) is 3.77. The van der Waals surface area contributed by atoms with Crippen LogP contribution >= 0.6 is 11.3 Å². The molecule has 4 heteroatoms. The van der Waals surface area contributed by atoms with Crippen molar-refractivity contribution >= 4 is 11.3 Å². The van der Waals surface area contributed by atoms with Gasteiger partial charge in [-0.25, -0.2) is 0 Å². The number of hydrogen-bond donors (Lipinski definition) is 1. The van der Waals surface area contributed by atoms with Gasteiger partial charge in [-0.1, -0.05) is 6.07 Å². The molecule has 1 atom stereocenters. The van der Waals surface area contributed by atoms with Gasteiger partial charge in [-0.05, 0) is 24.6 Å². The van der Waals surface area contributed by atoms with Crippen LogP contribution in [0.5, 0.6) is 0 Å². The van der Waals surface area contributed by atoms with E-state index >= 15 is 0 Å². The van der Waals surface area contributed by atoms with Crippen LogP contribution in [-0.2, 0) is 6.54 Å². The van der Waals surface area contributed by atoms with Crippen molar-refractivity contribution in [1.82, 2.24) is 4.90 Å². The first-order valence-corrected chi connectivity index (χ1v) is 6.12.